The Morgan fingerprint density at radius 3 is 2.70 bits per heavy atom. The summed E-state index contributed by atoms with van der Waals surface area (Å²) in [5, 5.41) is -0.494. The first-order valence-electron chi connectivity index (χ1n) is 6.87. The topological polar surface area (TPSA) is 55.3 Å². The van der Waals surface area contributed by atoms with Gasteiger partial charge in [0.15, 0.2) is 0 Å². The second-order valence-electron chi connectivity index (χ2n) is 5.22. The molecule has 1 aliphatic heterocycles. The van der Waals surface area contributed by atoms with E-state index in [2.05, 4.69) is 9.97 Å². The number of hydrogen-bond donors (Lipinski definition) is 0. The van der Waals surface area contributed by atoms with Crippen molar-refractivity contribution in [2.75, 3.05) is 13.1 Å². The first-order valence-corrected chi connectivity index (χ1v) is 7.31. The monoisotopic (exact) mass is 297 g/mol. The van der Waals surface area contributed by atoms with E-state index in [9.17, 15) is 4.79 Å². The molecule has 2 rings (SSSR count). The Bertz CT molecular complexity index is 473. The van der Waals surface area contributed by atoms with Crippen LogP contribution in [0.4, 0.5) is 0 Å². The largest absolute Gasteiger partial charge is 0.458 e. The highest BCUT2D eigenvalue weighted by molar-refractivity contribution is 6.30. The summed E-state index contributed by atoms with van der Waals surface area (Å²) in [7, 11) is 0. The van der Waals surface area contributed by atoms with Gasteiger partial charge in [0.25, 0.3) is 0 Å². The van der Waals surface area contributed by atoms with Crippen LogP contribution in [-0.4, -0.2) is 45.3 Å². The molecular weight excluding hydrogens is 278 g/mol. The van der Waals surface area contributed by atoms with Gasteiger partial charge < -0.3 is 9.64 Å². The molecule has 0 saturated carbocycles. The average molecular weight is 298 g/mol. The highest BCUT2D eigenvalue weighted by Gasteiger charge is 2.27. The molecule has 2 atom stereocenters. The third-order valence-corrected chi connectivity index (χ3v) is 3.45. The normalized spacial score (nSPS) is 20.6. The van der Waals surface area contributed by atoms with Crippen molar-refractivity contribution in [1.82, 2.24) is 14.9 Å². The molecule has 0 N–H and O–H groups in total. The molecule has 1 aliphatic rings. The molecule has 5 nitrogen and oxygen atoms in total. The molecule has 2 heterocycles. The Morgan fingerprint density at radius 2 is 2.10 bits per heavy atom. The third kappa shape index (κ3) is 3.82. The molecule has 0 radical (unpaired) electrons. The van der Waals surface area contributed by atoms with E-state index in [0.717, 1.165) is 30.8 Å². The predicted molar refractivity (Wildman–Crippen MR) is 77.1 cm³/mol. The van der Waals surface area contributed by atoms with Crippen LogP contribution in [0.5, 0.6) is 6.01 Å². The fourth-order valence-corrected chi connectivity index (χ4v) is 2.52. The van der Waals surface area contributed by atoms with E-state index >= 15 is 0 Å². The van der Waals surface area contributed by atoms with Gasteiger partial charge in [0, 0.05) is 17.9 Å². The van der Waals surface area contributed by atoms with Gasteiger partial charge in [-0.2, -0.15) is 0 Å². The maximum Gasteiger partial charge on any atom is 0.317 e. The number of hydrogen-bond acceptors (Lipinski definition) is 4. The molecule has 20 heavy (non-hydrogen) atoms. The zero-order chi connectivity index (χ0) is 14.7. The average Bonchev–Trinajstić information content (AvgIpc) is 2.36. The SMILES string of the molecule is Cc1cc(C)nc(OC2CCCN(C(=O)C(C)Cl)C2)n1. The summed E-state index contributed by atoms with van der Waals surface area (Å²) in [6.45, 7) is 6.80. The molecule has 0 aliphatic carbocycles. The number of carbonyl (C=O) groups is 1. The first-order chi connectivity index (χ1) is 9.45. The quantitative estimate of drug-likeness (QED) is 0.802. The number of aromatic nitrogens is 2. The van der Waals surface area contributed by atoms with Gasteiger partial charge in [-0.25, -0.2) is 9.97 Å². The van der Waals surface area contributed by atoms with Gasteiger partial charge >= 0.3 is 6.01 Å². The van der Waals surface area contributed by atoms with E-state index in [4.69, 9.17) is 16.3 Å². The minimum Gasteiger partial charge on any atom is -0.458 e. The number of likely N-dealkylation sites (tertiary alicyclic amines) is 1. The number of alkyl halides is 1. The first kappa shape index (κ1) is 15.0. The van der Waals surface area contributed by atoms with Gasteiger partial charge in [0.2, 0.25) is 5.91 Å². The van der Waals surface area contributed by atoms with Crippen molar-refractivity contribution < 1.29 is 9.53 Å². The summed E-state index contributed by atoms with van der Waals surface area (Å²) < 4.78 is 5.82. The van der Waals surface area contributed by atoms with E-state index in [-0.39, 0.29) is 12.0 Å². The van der Waals surface area contributed by atoms with Gasteiger partial charge in [-0.05, 0) is 39.7 Å². The molecule has 1 saturated heterocycles. The van der Waals surface area contributed by atoms with Crippen LogP contribution in [0.2, 0.25) is 0 Å². The van der Waals surface area contributed by atoms with Crippen molar-refractivity contribution in [3.63, 3.8) is 0 Å². The number of nitrogens with zero attached hydrogens (tertiary/aromatic N) is 3. The number of carbonyl (C=O) groups excluding carboxylic acids is 1. The van der Waals surface area contributed by atoms with E-state index in [0.29, 0.717) is 12.6 Å². The van der Waals surface area contributed by atoms with Crippen LogP contribution in [-0.2, 0) is 4.79 Å². The smallest absolute Gasteiger partial charge is 0.317 e. The summed E-state index contributed by atoms with van der Waals surface area (Å²) in [5.41, 5.74) is 1.76. The van der Waals surface area contributed by atoms with Crippen LogP contribution < -0.4 is 4.74 Å². The lowest BCUT2D eigenvalue weighted by molar-refractivity contribution is -0.133. The Morgan fingerprint density at radius 1 is 1.45 bits per heavy atom. The van der Waals surface area contributed by atoms with E-state index in [1.165, 1.54) is 0 Å². The molecule has 1 fully saturated rings. The standard InChI is InChI=1S/C14H20ClN3O2/c1-9-7-10(2)17-14(16-9)20-12-5-4-6-18(8-12)13(19)11(3)15/h7,11-12H,4-6,8H2,1-3H3. The Balaban J connectivity index is 2.00. The summed E-state index contributed by atoms with van der Waals surface area (Å²) in [6.07, 6.45) is 1.74. The minimum absolute atomic E-state index is 0.0405. The van der Waals surface area contributed by atoms with Crippen LogP contribution >= 0.6 is 11.6 Å². The number of halogens is 1. The molecule has 2 unspecified atom stereocenters. The van der Waals surface area contributed by atoms with Crippen molar-refractivity contribution in [3.8, 4) is 6.01 Å². The van der Waals surface area contributed by atoms with Crippen molar-refractivity contribution in [1.29, 1.82) is 0 Å². The molecular formula is C14H20ClN3O2. The number of rotatable bonds is 3. The maximum absolute atomic E-state index is 11.9. The Hall–Kier alpha value is -1.36. The van der Waals surface area contributed by atoms with Crippen molar-refractivity contribution >= 4 is 17.5 Å². The lowest BCUT2D eigenvalue weighted by Crippen LogP contribution is -2.46. The second kappa shape index (κ2) is 6.39. The van der Waals surface area contributed by atoms with E-state index in [1.54, 1.807) is 11.8 Å². The number of ether oxygens (including phenoxy) is 1. The van der Waals surface area contributed by atoms with Crippen LogP contribution in [0.1, 0.15) is 31.2 Å². The predicted octanol–water partition coefficient (Wildman–Crippen LogP) is 2.09. The molecule has 110 valence electrons. The Labute approximate surface area is 124 Å². The molecule has 0 aromatic carbocycles. The zero-order valence-corrected chi connectivity index (χ0v) is 12.9. The number of amides is 1. The lowest BCUT2D eigenvalue weighted by Gasteiger charge is -2.33. The van der Waals surface area contributed by atoms with Crippen molar-refractivity contribution in [2.45, 2.75) is 45.1 Å². The summed E-state index contributed by atoms with van der Waals surface area (Å²) in [4.78, 5) is 22.2. The summed E-state index contributed by atoms with van der Waals surface area (Å²) >= 11 is 5.85. The summed E-state index contributed by atoms with van der Waals surface area (Å²) in [5.74, 6) is -0.0405. The fraction of sp³-hybridized carbons (Fsp3) is 0.643. The molecule has 0 bridgehead atoms. The summed E-state index contributed by atoms with van der Waals surface area (Å²) in [6, 6.07) is 2.29. The molecule has 0 spiro atoms. The minimum atomic E-state index is -0.494. The molecule has 1 amide bonds. The van der Waals surface area contributed by atoms with Crippen molar-refractivity contribution in [3.05, 3.63) is 17.5 Å². The van der Waals surface area contributed by atoms with Gasteiger partial charge in [-0.3, -0.25) is 4.79 Å². The van der Waals surface area contributed by atoms with E-state index in [1.807, 2.05) is 19.9 Å². The Kier molecular flexibility index (Phi) is 4.81. The number of aryl methyl sites for hydroxylation is 2. The highest BCUT2D eigenvalue weighted by Crippen LogP contribution is 2.17. The second-order valence-corrected chi connectivity index (χ2v) is 5.87. The fourth-order valence-electron chi connectivity index (χ4n) is 2.38. The van der Waals surface area contributed by atoms with Crippen LogP contribution in [0.25, 0.3) is 0 Å². The lowest BCUT2D eigenvalue weighted by atomic mass is 10.1. The molecule has 6 heteroatoms. The van der Waals surface area contributed by atoms with Crippen LogP contribution in [0.3, 0.4) is 0 Å². The zero-order valence-electron chi connectivity index (χ0n) is 12.1. The van der Waals surface area contributed by atoms with Gasteiger partial charge in [0.05, 0.1) is 6.54 Å². The number of piperidine rings is 1. The van der Waals surface area contributed by atoms with Gasteiger partial charge in [0.1, 0.15) is 11.5 Å². The highest BCUT2D eigenvalue weighted by atomic mass is 35.5. The van der Waals surface area contributed by atoms with Crippen molar-refractivity contribution in [2.24, 2.45) is 0 Å². The third-order valence-electron chi connectivity index (χ3n) is 3.26. The van der Waals surface area contributed by atoms with Crippen LogP contribution in [0.15, 0.2) is 6.07 Å². The van der Waals surface area contributed by atoms with E-state index < -0.39 is 5.38 Å². The van der Waals surface area contributed by atoms with Crippen LogP contribution in [0, 0.1) is 13.8 Å². The molecule has 1 aromatic rings. The molecule has 1 aromatic heterocycles. The van der Waals surface area contributed by atoms with Gasteiger partial charge in [-0.1, -0.05) is 0 Å². The maximum atomic E-state index is 11.9. The van der Waals surface area contributed by atoms with Gasteiger partial charge in [-0.15, -0.1) is 11.6 Å².